The monoisotopic (exact) mass is 335 g/mol. The second-order valence-electron chi connectivity index (χ2n) is 5.98. The summed E-state index contributed by atoms with van der Waals surface area (Å²) in [6.45, 7) is 2.56. The van der Waals surface area contributed by atoms with Crippen molar-refractivity contribution in [3.05, 3.63) is 53.5 Å². The van der Waals surface area contributed by atoms with Gasteiger partial charge in [0.25, 0.3) is 5.91 Å². The molecular formula is C18H17N5O2. The number of carbonyl (C=O) groups excluding carboxylic acids is 1. The largest absolute Gasteiger partial charge is 0.493 e. The van der Waals surface area contributed by atoms with Crippen molar-refractivity contribution in [3.8, 4) is 16.9 Å². The number of amides is 1. The first-order valence-corrected chi connectivity index (χ1v) is 8.00. The molecule has 0 fully saturated rings. The smallest absolute Gasteiger partial charge is 0.258 e. The first-order valence-electron chi connectivity index (χ1n) is 8.00. The van der Waals surface area contributed by atoms with Crippen LogP contribution in [0, 0.1) is 6.92 Å². The van der Waals surface area contributed by atoms with Crippen LogP contribution in [0.25, 0.3) is 11.1 Å². The summed E-state index contributed by atoms with van der Waals surface area (Å²) in [5.41, 5.74) is 4.35. The van der Waals surface area contributed by atoms with Crippen molar-refractivity contribution in [2.45, 2.75) is 13.3 Å². The molecule has 1 N–H and O–H groups in total. The molecule has 3 aromatic rings. The summed E-state index contributed by atoms with van der Waals surface area (Å²) >= 11 is 0. The van der Waals surface area contributed by atoms with Gasteiger partial charge in [-0.2, -0.15) is 0 Å². The molecule has 126 valence electrons. The van der Waals surface area contributed by atoms with Crippen LogP contribution in [0.1, 0.15) is 21.6 Å². The highest BCUT2D eigenvalue weighted by molar-refractivity contribution is 6.04. The van der Waals surface area contributed by atoms with E-state index in [1.807, 2.05) is 25.1 Å². The van der Waals surface area contributed by atoms with Crippen LogP contribution in [0.2, 0.25) is 0 Å². The van der Waals surface area contributed by atoms with Crippen LogP contribution in [-0.2, 0) is 13.5 Å². The van der Waals surface area contributed by atoms with E-state index in [4.69, 9.17) is 4.74 Å². The lowest BCUT2D eigenvalue weighted by molar-refractivity contribution is 0.102. The van der Waals surface area contributed by atoms with Gasteiger partial charge < -0.3 is 10.1 Å². The van der Waals surface area contributed by atoms with E-state index in [2.05, 4.69) is 26.7 Å². The Labute approximate surface area is 144 Å². The molecule has 0 atom stereocenters. The van der Waals surface area contributed by atoms with Crippen LogP contribution < -0.4 is 10.1 Å². The van der Waals surface area contributed by atoms with E-state index < -0.39 is 0 Å². The maximum atomic E-state index is 12.5. The number of nitrogens with zero attached hydrogens (tertiary/aromatic N) is 4. The zero-order valence-electron chi connectivity index (χ0n) is 14.0. The number of hydrogen-bond acceptors (Lipinski definition) is 5. The van der Waals surface area contributed by atoms with Crippen molar-refractivity contribution < 1.29 is 9.53 Å². The Hall–Kier alpha value is -3.22. The molecule has 0 saturated heterocycles. The molecule has 0 aliphatic carbocycles. The third-order valence-electron chi connectivity index (χ3n) is 4.36. The molecular weight excluding hydrogens is 318 g/mol. The Morgan fingerprint density at radius 1 is 1.24 bits per heavy atom. The van der Waals surface area contributed by atoms with E-state index in [9.17, 15) is 4.79 Å². The molecule has 0 unspecified atom stereocenters. The number of benzene rings is 1. The number of fused-ring (bicyclic) bond motifs is 1. The van der Waals surface area contributed by atoms with Gasteiger partial charge in [-0.3, -0.25) is 14.5 Å². The fourth-order valence-corrected chi connectivity index (χ4v) is 2.79. The minimum absolute atomic E-state index is 0.262. The topological polar surface area (TPSA) is 81.9 Å². The molecule has 25 heavy (non-hydrogen) atoms. The number of pyridine rings is 1. The Morgan fingerprint density at radius 3 is 2.92 bits per heavy atom. The molecule has 7 heteroatoms. The summed E-state index contributed by atoms with van der Waals surface area (Å²) in [7, 11) is 1.78. The van der Waals surface area contributed by atoms with Crippen molar-refractivity contribution in [2.75, 3.05) is 11.9 Å². The highest BCUT2D eigenvalue weighted by Crippen LogP contribution is 2.30. The van der Waals surface area contributed by atoms with Gasteiger partial charge in [0.2, 0.25) is 0 Å². The third-order valence-corrected chi connectivity index (χ3v) is 4.36. The number of aryl methyl sites for hydroxylation is 1. The van der Waals surface area contributed by atoms with Crippen LogP contribution in [0.3, 0.4) is 0 Å². The van der Waals surface area contributed by atoms with Gasteiger partial charge in [-0.05, 0) is 36.2 Å². The SMILES string of the molecule is Cc1c(NC(=O)c2cncc(-c3ccc4c(c3)CCO4)c2)nnn1C. The predicted octanol–water partition coefficient (Wildman–Crippen LogP) is 2.37. The molecule has 2 aromatic heterocycles. The lowest BCUT2D eigenvalue weighted by Gasteiger charge is -2.07. The number of ether oxygens (including phenoxy) is 1. The summed E-state index contributed by atoms with van der Waals surface area (Å²) in [5, 5.41) is 10.6. The molecule has 1 aromatic carbocycles. The molecule has 0 spiro atoms. The maximum Gasteiger partial charge on any atom is 0.258 e. The Morgan fingerprint density at radius 2 is 2.12 bits per heavy atom. The molecule has 1 amide bonds. The van der Waals surface area contributed by atoms with E-state index in [0.717, 1.165) is 35.6 Å². The summed E-state index contributed by atoms with van der Waals surface area (Å²) in [6, 6.07) is 7.86. The lowest BCUT2D eigenvalue weighted by Crippen LogP contribution is -2.13. The van der Waals surface area contributed by atoms with Gasteiger partial charge in [0.05, 0.1) is 17.9 Å². The molecule has 1 aliphatic rings. The summed E-state index contributed by atoms with van der Waals surface area (Å²) < 4.78 is 7.14. The van der Waals surface area contributed by atoms with Gasteiger partial charge in [0, 0.05) is 31.4 Å². The molecule has 7 nitrogen and oxygen atoms in total. The standard InChI is InChI=1S/C18H17N5O2/c1-11-17(21-22-23(11)2)20-18(24)15-8-14(9-19-10-15)12-3-4-16-13(7-12)5-6-25-16/h3-4,7-10H,5-6H2,1-2H3,(H,20,24). The fraction of sp³-hybridized carbons (Fsp3) is 0.222. The van der Waals surface area contributed by atoms with Crippen molar-refractivity contribution in [2.24, 2.45) is 7.05 Å². The highest BCUT2D eigenvalue weighted by atomic mass is 16.5. The maximum absolute atomic E-state index is 12.5. The number of rotatable bonds is 3. The van der Waals surface area contributed by atoms with Gasteiger partial charge in [-0.25, -0.2) is 0 Å². The minimum atomic E-state index is -0.262. The average Bonchev–Trinajstić information content (AvgIpc) is 3.23. The van der Waals surface area contributed by atoms with Gasteiger partial charge in [-0.1, -0.05) is 11.3 Å². The second kappa shape index (κ2) is 6.01. The summed E-state index contributed by atoms with van der Waals surface area (Å²) in [5.74, 6) is 1.12. The zero-order valence-corrected chi connectivity index (χ0v) is 14.0. The quantitative estimate of drug-likeness (QED) is 0.795. The molecule has 0 bridgehead atoms. The number of aromatic nitrogens is 4. The van der Waals surface area contributed by atoms with Crippen molar-refractivity contribution in [1.82, 2.24) is 20.0 Å². The van der Waals surface area contributed by atoms with Crippen LogP contribution in [0.15, 0.2) is 36.7 Å². The van der Waals surface area contributed by atoms with E-state index >= 15 is 0 Å². The van der Waals surface area contributed by atoms with E-state index in [1.54, 1.807) is 24.1 Å². The summed E-state index contributed by atoms with van der Waals surface area (Å²) in [6.07, 6.45) is 4.20. The fourth-order valence-electron chi connectivity index (χ4n) is 2.79. The lowest BCUT2D eigenvalue weighted by atomic mass is 10.0. The van der Waals surface area contributed by atoms with Gasteiger partial charge in [0.1, 0.15) is 5.75 Å². The van der Waals surface area contributed by atoms with Crippen molar-refractivity contribution in [3.63, 3.8) is 0 Å². The van der Waals surface area contributed by atoms with Gasteiger partial charge in [0.15, 0.2) is 5.82 Å². The van der Waals surface area contributed by atoms with Crippen LogP contribution in [0.5, 0.6) is 5.75 Å². The van der Waals surface area contributed by atoms with Gasteiger partial charge in [-0.15, -0.1) is 5.10 Å². The average molecular weight is 335 g/mol. The van der Waals surface area contributed by atoms with Crippen molar-refractivity contribution >= 4 is 11.7 Å². The van der Waals surface area contributed by atoms with Crippen molar-refractivity contribution in [1.29, 1.82) is 0 Å². The van der Waals surface area contributed by atoms with Crippen LogP contribution in [0.4, 0.5) is 5.82 Å². The molecule has 3 heterocycles. The van der Waals surface area contributed by atoms with Gasteiger partial charge >= 0.3 is 0 Å². The number of carbonyl (C=O) groups is 1. The molecule has 0 saturated carbocycles. The van der Waals surface area contributed by atoms with E-state index in [1.165, 1.54) is 5.56 Å². The first-order chi connectivity index (χ1) is 12.1. The number of anilines is 1. The Balaban J connectivity index is 1.61. The summed E-state index contributed by atoms with van der Waals surface area (Å²) in [4.78, 5) is 16.7. The van der Waals surface area contributed by atoms with Crippen LogP contribution >= 0.6 is 0 Å². The normalized spacial score (nSPS) is 12.6. The zero-order chi connectivity index (χ0) is 17.4. The second-order valence-corrected chi connectivity index (χ2v) is 5.98. The number of nitrogens with one attached hydrogen (secondary N) is 1. The van der Waals surface area contributed by atoms with E-state index in [0.29, 0.717) is 11.4 Å². The molecule has 4 rings (SSSR count). The predicted molar refractivity (Wildman–Crippen MR) is 92.6 cm³/mol. The first kappa shape index (κ1) is 15.3. The van der Waals surface area contributed by atoms with E-state index in [-0.39, 0.29) is 5.91 Å². The van der Waals surface area contributed by atoms with Crippen LogP contribution in [-0.4, -0.2) is 32.5 Å². The molecule has 1 aliphatic heterocycles. The third kappa shape index (κ3) is 2.84. The minimum Gasteiger partial charge on any atom is -0.493 e. The molecule has 0 radical (unpaired) electrons. The Bertz CT molecular complexity index is 964. The highest BCUT2D eigenvalue weighted by Gasteiger charge is 2.15. The number of hydrogen-bond donors (Lipinski definition) is 1. The Kier molecular flexibility index (Phi) is 3.68.